The fraction of sp³-hybridized carbons (Fsp3) is 0.278. The van der Waals surface area contributed by atoms with Gasteiger partial charge in [-0.05, 0) is 43.2 Å². The van der Waals surface area contributed by atoms with Crippen LogP contribution in [0.5, 0.6) is 0 Å². The topological polar surface area (TPSA) is 73.0 Å². The van der Waals surface area contributed by atoms with Gasteiger partial charge in [-0.15, -0.1) is 10.2 Å². The van der Waals surface area contributed by atoms with Gasteiger partial charge >= 0.3 is 0 Å². The first kappa shape index (κ1) is 18.5. The maximum absolute atomic E-state index is 12.3. The molecule has 136 valence electrons. The summed E-state index contributed by atoms with van der Waals surface area (Å²) in [6.07, 6.45) is 2.53. The van der Waals surface area contributed by atoms with E-state index in [1.54, 1.807) is 12.3 Å². The number of amides is 1. The van der Waals surface area contributed by atoms with Gasteiger partial charge in [0.1, 0.15) is 0 Å². The normalized spacial score (nSPS) is 10.9. The standard InChI is InChI=1S/C18H19ClN4O2S/c1-3-9-23-17(15-8-5-10-25-15)21-22-18(23)26-11-16(24)20-14-7-4-6-13(19)12(14)2/h4-8,10H,3,9,11H2,1-2H3,(H,20,24). The Balaban J connectivity index is 1.69. The summed E-state index contributed by atoms with van der Waals surface area (Å²) >= 11 is 7.44. The van der Waals surface area contributed by atoms with Crippen LogP contribution in [0.25, 0.3) is 11.6 Å². The SMILES string of the molecule is CCCn1c(SCC(=O)Nc2cccc(Cl)c2C)nnc1-c1ccco1. The van der Waals surface area contributed by atoms with Crippen molar-refractivity contribution in [1.29, 1.82) is 0 Å². The summed E-state index contributed by atoms with van der Waals surface area (Å²) in [6.45, 7) is 4.70. The lowest BCUT2D eigenvalue weighted by Crippen LogP contribution is -2.15. The molecule has 0 spiro atoms. The van der Waals surface area contributed by atoms with Crippen LogP contribution in [0.4, 0.5) is 5.69 Å². The van der Waals surface area contributed by atoms with Crippen molar-refractivity contribution < 1.29 is 9.21 Å². The largest absolute Gasteiger partial charge is 0.461 e. The van der Waals surface area contributed by atoms with E-state index in [1.807, 2.05) is 35.8 Å². The first-order valence-electron chi connectivity index (χ1n) is 8.25. The van der Waals surface area contributed by atoms with Crippen LogP contribution in [0.2, 0.25) is 5.02 Å². The molecule has 0 saturated carbocycles. The number of hydrogen-bond acceptors (Lipinski definition) is 5. The van der Waals surface area contributed by atoms with Crippen LogP contribution in [0, 0.1) is 6.92 Å². The van der Waals surface area contributed by atoms with E-state index in [1.165, 1.54) is 11.8 Å². The summed E-state index contributed by atoms with van der Waals surface area (Å²) in [7, 11) is 0. The summed E-state index contributed by atoms with van der Waals surface area (Å²) in [5.41, 5.74) is 1.57. The molecule has 0 aliphatic rings. The number of anilines is 1. The third-order valence-corrected chi connectivity index (χ3v) is 5.16. The van der Waals surface area contributed by atoms with E-state index in [-0.39, 0.29) is 11.7 Å². The summed E-state index contributed by atoms with van der Waals surface area (Å²) < 4.78 is 7.40. The molecule has 2 aromatic heterocycles. The van der Waals surface area contributed by atoms with Gasteiger partial charge in [-0.1, -0.05) is 36.4 Å². The number of benzene rings is 1. The Morgan fingerprint density at radius 3 is 2.88 bits per heavy atom. The van der Waals surface area contributed by atoms with Gasteiger partial charge in [-0.2, -0.15) is 0 Å². The molecule has 8 heteroatoms. The molecule has 0 unspecified atom stereocenters. The van der Waals surface area contributed by atoms with Gasteiger partial charge < -0.3 is 9.73 Å². The number of rotatable bonds is 7. The molecule has 1 N–H and O–H groups in total. The van der Waals surface area contributed by atoms with Gasteiger partial charge in [-0.25, -0.2) is 0 Å². The summed E-state index contributed by atoms with van der Waals surface area (Å²) in [5.74, 6) is 1.44. The predicted octanol–water partition coefficient (Wildman–Crippen LogP) is 4.64. The molecule has 3 rings (SSSR count). The molecule has 26 heavy (non-hydrogen) atoms. The number of nitrogens with one attached hydrogen (secondary N) is 1. The fourth-order valence-electron chi connectivity index (χ4n) is 2.47. The first-order chi connectivity index (χ1) is 12.6. The van der Waals surface area contributed by atoms with Crippen molar-refractivity contribution in [3.05, 3.63) is 47.2 Å². The lowest BCUT2D eigenvalue weighted by molar-refractivity contribution is -0.113. The van der Waals surface area contributed by atoms with E-state index in [0.29, 0.717) is 21.8 Å². The minimum absolute atomic E-state index is 0.119. The van der Waals surface area contributed by atoms with Crippen molar-refractivity contribution in [2.24, 2.45) is 0 Å². The Morgan fingerprint density at radius 2 is 2.15 bits per heavy atom. The molecule has 2 heterocycles. The second-order valence-corrected chi connectivity index (χ2v) is 7.03. The average molecular weight is 391 g/mol. The van der Waals surface area contributed by atoms with Crippen LogP contribution in [0.3, 0.4) is 0 Å². The molecule has 3 aromatic rings. The molecule has 0 fully saturated rings. The van der Waals surface area contributed by atoms with Gasteiger partial charge in [0, 0.05) is 17.3 Å². The highest BCUT2D eigenvalue weighted by Crippen LogP contribution is 2.26. The summed E-state index contributed by atoms with van der Waals surface area (Å²) in [6, 6.07) is 9.10. The van der Waals surface area contributed by atoms with E-state index in [9.17, 15) is 4.79 Å². The highest BCUT2D eigenvalue weighted by atomic mass is 35.5. The summed E-state index contributed by atoms with van der Waals surface area (Å²) in [5, 5.41) is 12.6. The van der Waals surface area contributed by atoms with Crippen LogP contribution in [-0.4, -0.2) is 26.4 Å². The molecule has 1 amide bonds. The average Bonchev–Trinajstić information content (AvgIpc) is 3.27. The fourth-order valence-corrected chi connectivity index (χ4v) is 3.41. The van der Waals surface area contributed by atoms with Crippen LogP contribution >= 0.6 is 23.4 Å². The van der Waals surface area contributed by atoms with Gasteiger partial charge in [0.15, 0.2) is 16.7 Å². The lowest BCUT2D eigenvalue weighted by Gasteiger charge is -2.10. The van der Waals surface area contributed by atoms with E-state index in [4.69, 9.17) is 16.0 Å². The highest BCUT2D eigenvalue weighted by Gasteiger charge is 2.17. The van der Waals surface area contributed by atoms with Gasteiger partial charge in [0.2, 0.25) is 5.91 Å². The van der Waals surface area contributed by atoms with Gasteiger partial charge in [-0.3, -0.25) is 9.36 Å². The van der Waals surface area contributed by atoms with Gasteiger partial charge in [0.05, 0.1) is 12.0 Å². The molecule has 0 radical (unpaired) electrons. The Morgan fingerprint density at radius 1 is 1.31 bits per heavy atom. The number of aromatic nitrogens is 3. The Bertz CT molecular complexity index is 893. The van der Waals surface area contributed by atoms with Crippen molar-refractivity contribution >= 4 is 35.0 Å². The quantitative estimate of drug-likeness (QED) is 0.595. The molecular formula is C18H19ClN4O2S. The number of furan rings is 1. The summed E-state index contributed by atoms with van der Waals surface area (Å²) in [4.78, 5) is 12.3. The predicted molar refractivity (Wildman–Crippen MR) is 104 cm³/mol. The number of nitrogens with zero attached hydrogens (tertiary/aromatic N) is 3. The van der Waals surface area contributed by atoms with Crippen molar-refractivity contribution in [2.75, 3.05) is 11.1 Å². The maximum Gasteiger partial charge on any atom is 0.234 e. The van der Waals surface area contributed by atoms with Gasteiger partial charge in [0.25, 0.3) is 0 Å². The number of carbonyl (C=O) groups is 1. The molecule has 0 saturated heterocycles. The molecule has 0 bridgehead atoms. The lowest BCUT2D eigenvalue weighted by atomic mass is 10.2. The van der Waals surface area contributed by atoms with E-state index < -0.39 is 0 Å². The Labute approximate surface area is 160 Å². The Hall–Kier alpha value is -2.25. The highest BCUT2D eigenvalue weighted by molar-refractivity contribution is 7.99. The number of hydrogen-bond donors (Lipinski definition) is 1. The monoisotopic (exact) mass is 390 g/mol. The second-order valence-electron chi connectivity index (χ2n) is 5.68. The smallest absolute Gasteiger partial charge is 0.234 e. The van der Waals surface area contributed by atoms with E-state index >= 15 is 0 Å². The van der Waals surface area contributed by atoms with Crippen molar-refractivity contribution in [2.45, 2.75) is 32.0 Å². The number of thioether (sulfide) groups is 1. The van der Waals surface area contributed by atoms with Crippen LogP contribution in [0.15, 0.2) is 46.2 Å². The molecule has 0 aliphatic heterocycles. The Kier molecular flexibility index (Phi) is 6.00. The molecule has 0 aliphatic carbocycles. The number of halogens is 1. The minimum atomic E-state index is -0.119. The zero-order valence-electron chi connectivity index (χ0n) is 14.5. The van der Waals surface area contributed by atoms with Crippen molar-refractivity contribution in [3.63, 3.8) is 0 Å². The number of carbonyl (C=O) groups excluding carboxylic acids is 1. The maximum atomic E-state index is 12.3. The molecule has 1 aromatic carbocycles. The first-order valence-corrected chi connectivity index (χ1v) is 9.61. The van der Waals surface area contributed by atoms with E-state index in [2.05, 4.69) is 22.4 Å². The van der Waals surface area contributed by atoms with Crippen molar-refractivity contribution in [3.8, 4) is 11.6 Å². The molecular weight excluding hydrogens is 372 g/mol. The second kappa shape index (κ2) is 8.42. The minimum Gasteiger partial charge on any atom is -0.461 e. The van der Waals surface area contributed by atoms with E-state index in [0.717, 1.165) is 24.2 Å². The van der Waals surface area contributed by atoms with Crippen LogP contribution < -0.4 is 5.32 Å². The molecule has 0 atom stereocenters. The third kappa shape index (κ3) is 4.11. The zero-order valence-corrected chi connectivity index (χ0v) is 16.1. The zero-order chi connectivity index (χ0) is 18.5. The molecule has 6 nitrogen and oxygen atoms in total. The van der Waals surface area contributed by atoms with Crippen molar-refractivity contribution in [1.82, 2.24) is 14.8 Å². The van der Waals surface area contributed by atoms with Crippen LogP contribution in [-0.2, 0) is 11.3 Å². The van der Waals surface area contributed by atoms with Crippen LogP contribution in [0.1, 0.15) is 18.9 Å². The third-order valence-electron chi connectivity index (χ3n) is 3.78.